The highest BCUT2D eigenvalue weighted by atomic mass is 16.5. The Bertz CT molecular complexity index is 521. The van der Waals surface area contributed by atoms with E-state index < -0.39 is 0 Å². The van der Waals surface area contributed by atoms with Crippen molar-refractivity contribution in [3.63, 3.8) is 0 Å². The summed E-state index contributed by atoms with van der Waals surface area (Å²) in [5, 5.41) is 11.8. The molecule has 2 N–H and O–H groups in total. The molecule has 0 saturated carbocycles. The van der Waals surface area contributed by atoms with Crippen molar-refractivity contribution in [2.24, 2.45) is 0 Å². The normalized spacial score (nSPS) is 19.7. The van der Waals surface area contributed by atoms with Gasteiger partial charge in [0.05, 0.1) is 6.04 Å². The Balaban J connectivity index is 2.26. The molecular weight excluding hydrogens is 198 g/mol. The number of rotatable bonds is 1. The van der Waals surface area contributed by atoms with Crippen molar-refractivity contribution >= 4 is 10.8 Å². The van der Waals surface area contributed by atoms with Crippen LogP contribution >= 0.6 is 0 Å². The standard InChI is InChI=1S/C14H15NO/c16-15-14-7-3-6-12-11-5-2-1-4-10(11)8-9-13(12)14/h1-2,4-5,8-9,14-16H,3,6-7H2. The minimum atomic E-state index is 0.105. The van der Waals surface area contributed by atoms with E-state index in [-0.39, 0.29) is 6.04 Å². The second-order valence-electron chi connectivity index (χ2n) is 4.43. The maximum absolute atomic E-state index is 9.16. The van der Waals surface area contributed by atoms with E-state index in [9.17, 15) is 0 Å². The molecule has 2 nitrogen and oxygen atoms in total. The van der Waals surface area contributed by atoms with Crippen molar-refractivity contribution in [1.82, 2.24) is 5.48 Å². The molecule has 0 heterocycles. The number of hydrogen-bond donors (Lipinski definition) is 2. The van der Waals surface area contributed by atoms with Crippen LogP contribution in [0.25, 0.3) is 10.8 Å². The molecule has 2 aromatic carbocycles. The monoisotopic (exact) mass is 213 g/mol. The van der Waals surface area contributed by atoms with Gasteiger partial charge < -0.3 is 5.21 Å². The molecule has 16 heavy (non-hydrogen) atoms. The summed E-state index contributed by atoms with van der Waals surface area (Å²) in [6.45, 7) is 0. The summed E-state index contributed by atoms with van der Waals surface area (Å²) in [5.41, 5.74) is 5.08. The first-order valence-corrected chi connectivity index (χ1v) is 5.80. The van der Waals surface area contributed by atoms with E-state index in [1.54, 1.807) is 0 Å². The van der Waals surface area contributed by atoms with Crippen molar-refractivity contribution < 1.29 is 5.21 Å². The maximum Gasteiger partial charge on any atom is 0.0572 e. The SMILES string of the molecule is ONC1CCCc2c1ccc1ccccc21. The van der Waals surface area contributed by atoms with E-state index >= 15 is 0 Å². The third kappa shape index (κ3) is 1.42. The topological polar surface area (TPSA) is 32.3 Å². The molecule has 2 aromatic rings. The molecule has 0 radical (unpaired) electrons. The molecule has 3 rings (SSSR count). The van der Waals surface area contributed by atoms with Gasteiger partial charge in [0.25, 0.3) is 0 Å². The van der Waals surface area contributed by atoms with Crippen LogP contribution in [-0.2, 0) is 6.42 Å². The van der Waals surface area contributed by atoms with Crippen LogP contribution in [0, 0.1) is 0 Å². The lowest BCUT2D eigenvalue weighted by atomic mass is 9.85. The first-order valence-electron chi connectivity index (χ1n) is 5.80. The molecule has 1 aliphatic carbocycles. The van der Waals surface area contributed by atoms with Gasteiger partial charge in [-0.05, 0) is 41.2 Å². The molecule has 0 aliphatic heterocycles. The third-order valence-electron chi connectivity index (χ3n) is 3.53. The Morgan fingerprint density at radius 2 is 2.00 bits per heavy atom. The first-order chi connectivity index (χ1) is 7.90. The van der Waals surface area contributed by atoms with Gasteiger partial charge in [-0.15, -0.1) is 0 Å². The lowest BCUT2D eigenvalue weighted by Gasteiger charge is -2.25. The summed E-state index contributed by atoms with van der Waals surface area (Å²) in [4.78, 5) is 0. The fourth-order valence-electron chi connectivity index (χ4n) is 2.73. The summed E-state index contributed by atoms with van der Waals surface area (Å²) in [7, 11) is 0. The minimum Gasteiger partial charge on any atom is -0.316 e. The summed E-state index contributed by atoms with van der Waals surface area (Å²) < 4.78 is 0. The van der Waals surface area contributed by atoms with Crippen molar-refractivity contribution in [2.45, 2.75) is 25.3 Å². The zero-order chi connectivity index (χ0) is 11.0. The largest absolute Gasteiger partial charge is 0.316 e. The van der Waals surface area contributed by atoms with Gasteiger partial charge >= 0.3 is 0 Å². The molecule has 0 saturated heterocycles. The molecule has 0 fully saturated rings. The highest BCUT2D eigenvalue weighted by Gasteiger charge is 2.20. The van der Waals surface area contributed by atoms with E-state index in [2.05, 4.69) is 41.9 Å². The number of hydroxylamine groups is 1. The van der Waals surface area contributed by atoms with Crippen LogP contribution in [-0.4, -0.2) is 5.21 Å². The highest BCUT2D eigenvalue weighted by molar-refractivity contribution is 5.87. The van der Waals surface area contributed by atoms with Crippen LogP contribution in [0.4, 0.5) is 0 Å². The first kappa shape index (κ1) is 9.82. The van der Waals surface area contributed by atoms with Crippen LogP contribution in [0.3, 0.4) is 0 Å². The highest BCUT2D eigenvalue weighted by Crippen LogP contribution is 2.34. The summed E-state index contributed by atoms with van der Waals surface area (Å²) >= 11 is 0. The van der Waals surface area contributed by atoms with E-state index in [1.807, 2.05) is 0 Å². The van der Waals surface area contributed by atoms with Crippen molar-refractivity contribution in [3.05, 3.63) is 47.5 Å². The number of fused-ring (bicyclic) bond motifs is 3. The van der Waals surface area contributed by atoms with Gasteiger partial charge in [0.1, 0.15) is 0 Å². The summed E-state index contributed by atoms with van der Waals surface area (Å²) in [5.74, 6) is 0. The second-order valence-corrected chi connectivity index (χ2v) is 4.43. The molecule has 0 aromatic heterocycles. The lowest BCUT2D eigenvalue weighted by molar-refractivity contribution is 0.118. The van der Waals surface area contributed by atoms with Crippen molar-refractivity contribution in [1.29, 1.82) is 0 Å². The third-order valence-corrected chi connectivity index (χ3v) is 3.53. The van der Waals surface area contributed by atoms with Gasteiger partial charge in [-0.2, -0.15) is 5.48 Å². The molecule has 1 unspecified atom stereocenters. The number of hydrogen-bond acceptors (Lipinski definition) is 2. The molecule has 1 aliphatic rings. The predicted octanol–water partition coefficient (Wildman–Crippen LogP) is 3.20. The number of nitrogens with one attached hydrogen (secondary N) is 1. The Kier molecular flexibility index (Phi) is 2.39. The fraction of sp³-hybridized carbons (Fsp3) is 0.286. The number of aryl methyl sites for hydroxylation is 1. The maximum atomic E-state index is 9.16. The second kappa shape index (κ2) is 3.89. The molecular formula is C14H15NO. The van der Waals surface area contributed by atoms with Crippen LogP contribution in [0.5, 0.6) is 0 Å². The van der Waals surface area contributed by atoms with Gasteiger partial charge in [-0.3, -0.25) is 0 Å². The van der Waals surface area contributed by atoms with Crippen LogP contribution in [0.1, 0.15) is 30.0 Å². The molecule has 82 valence electrons. The molecule has 1 atom stereocenters. The average molecular weight is 213 g/mol. The van der Waals surface area contributed by atoms with E-state index in [1.165, 1.54) is 21.9 Å². The van der Waals surface area contributed by atoms with Crippen LogP contribution in [0.2, 0.25) is 0 Å². The van der Waals surface area contributed by atoms with Crippen LogP contribution < -0.4 is 5.48 Å². The van der Waals surface area contributed by atoms with Gasteiger partial charge in [-0.1, -0.05) is 36.4 Å². The number of benzene rings is 2. The quantitative estimate of drug-likeness (QED) is 0.713. The van der Waals surface area contributed by atoms with E-state index in [4.69, 9.17) is 5.21 Å². The summed E-state index contributed by atoms with van der Waals surface area (Å²) in [6, 6.07) is 12.9. The van der Waals surface area contributed by atoms with Gasteiger partial charge in [0.2, 0.25) is 0 Å². The Morgan fingerprint density at radius 1 is 1.12 bits per heavy atom. The van der Waals surface area contributed by atoms with E-state index in [0.29, 0.717) is 0 Å². The smallest absolute Gasteiger partial charge is 0.0572 e. The minimum absolute atomic E-state index is 0.105. The van der Waals surface area contributed by atoms with Crippen molar-refractivity contribution in [2.75, 3.05) is 0 Å². The summed E-state index contributed by atoms with van der Waals surface area (Å²) in [6.07, 6.45) is 3.27. The molecule has 0 spiro atoms. The molecule has 0 bridgehead atoms. The van der Waals surface area contributed by atoms with Gasteiger partial charge in [-0.25, -0.2) is 0 Å². The Hall–Kier alpha value is -1.38. The zero-order valence-corrected chi connectivity index (χ0v) is 9.11. The Morgan fingerprint density at radius 3 is 2.88 bits per heavy atom. The molecule has 2 heteroatoms. The van der Waals surface area contributed by atoms with Crippen LogP contribution in [0.15, 0.2) is 36.4 Å². The zero-order valence-electron chi connectivity index (χ0n) is 9.11. The fourth-order valence-corrected chi connectivity index (χ4v) is 2.73. The van der Waals surface area contributed by atoms with E-state index in [0.717, 1.165) is 19.3 Å². The average Bonchev–Trinajstić information content (AvgIpc) is 2.37. The van der Waals surface area contributed by atoms with Gasteiger partial charge in [0, 0.05) is 0 Å². The van der Waals surface area contributed by atoms with Crippen molar-refractivity contribution in [3.8, 4) is 0 Å². The molecule has 0 amide bonds. The lowest BCUT2D eigenvalue weighted by Crippen LogP contribution is -2.22. The van der Waals surface area contributed by atoms with Gasteiger partial charge in [0.15, 0.2) is 0 Å². The Labute approximate surface area is 94.9 Å². The predicted molar refractivity (Wildman–Crippen MR) is 64.5 cm³/mol.